The zero-order valence-corrected chi connectivity index (χ0v) is 12.6. The van der Waals surface area contributed by atoms with Crippen molar-refractivity contribution in [3.63, 3.8) is 0 Å². The van der Waals surface area contributed by atoms with Crippen molar-refractivity contribution in [2.75, 3.05) is 6.61 Å². The van der Waals surface area contributed by atoms with Crippen LogP contribution in [0.25, 0.3) is 0 Å². The molecule has 3 heteroatoms. The lowest BCUT2D eigenvalue weighted by atomic mass is 9.69. The van der Waals surface area contributed by atoms with E-state index < -0.39 is 11.4 Å². The molecule has 4 atom stereocenters. The molecule has 1 heterocycles. The summed E-state index contributed by atoms with van der Waals surface area (Å²) in [4.78, 5) is 0. The number of hydrogen-bond donors (Lipinski definition) is 0. The molecule has 0 bridgehead atoms. The summed E-state index contributed by atoms with van der Waals surface area (Å²) < 4.78 is 18.0. The first-order valence-electron chi connectivity index (χ1n) is 7.09. The molecule has 20 heavy (non-hydrogen) atoms. The summed E-state index contributed by atoms with van der Waals surface area (Å²) in [7, 11) is 0. The molecule has 0 spiro atoms. The van der Waals surface area contributed by atoms with Gasteiger partial charge in [0.25, 0.3) is 0 Å². The summed E-state index contributed by atoms with van der Waals surface area (Å²) in [5, 5.41) is 0. The molecule has 1 aliphatic carbocycles. The lowest BCUT2D eigenvalue weighted by molar-refractivity contribution is -0.153. The molecule has 0 aromatic heterocycles. The Morgan fingerprint density at radius 1 is 1.50 bits per heavy atom. The highest BCUT2D eigenvalue weighted by atomic mass is 16.8. The van der Waals surface area contributed by atoms with Crippen LogP contribution in [0.4, 0.5) is 0 Å². The van der Waals surface area contributed by atoms with Gasteiger partial charge in [-0.2, -0.15) is 0 Å². The van der Waals surface area contributed by atoms with Crippen molar-refractivity contribution < 1.29 is 14.2 Å². The summed E-state index contributed by atoms with van der Waals surface area (Å²) in [6.45, 7) is 14.1. The minimum Gasteiger partial charge on any atom is -0.358 e. The number of ether oxygens (including phenoxy) is 3. The molecule has 2 rings (SSSR count). The van der Waals surface area contributed by atoms with Crippen LogP contribution in [-0.4, -0.2) is 30.2 Å². The topological polar surface area (TPSA) is 27.7 Å². The Morgan fingerprint density at radius 2 is 2.20 bits per heavy atom. The summed E-state index contributed by atoms with van der Waals surface area (Å²) >= 11 is 0. The molecule has 0 aromatic carbocycles. The highest BCUT2D eigenvalue weighted by molar-refractivity contribution is 5.25. The molecule has 0 aromatic rings. The first-order valence-corrected chi connectivity index (χ1v) is 7.09. The third-order valence-corrected chi connectivity index (χ3v) is 4.09. The summed E-state index contributed by atoms with van der Waals surface area (Å²) in [5.74, 6) is 2.22. The van der Waals surface area contributed by atoms with Gasteiger partial charge in [0.05, 0.1) is 18.8 Å². The largest absolute Gasteiger partial charge is 0.358 e. The van der Waals surface area contributed by atoms with Gasteiger partial charge in [0, 0.05) is 5.92 Å². The van der Waals surface area contributed by atoms with Crippen LogP contribution in [-0.2, 0) is 14.2 Å². The Bertz CT molecular complexity index is 446. The first-order chi connectivity index (χ1) is 9.35. The predicted octanol–water partition coefficient (Wildman–Crippen LogP) is 3.07. The van der Waals surface area contributed by atoms with Gasteiger partial charge in [-0.05, 0) is 33.6 Å². The number of terminal acetylenes is 1. The molecule has 2 aliphatic rings. The van der Waals surface area contributed by atoms with Gasteiger partial charge in [0.2, 0.25) is 0 Å². The predicted molar refractivity (Wildman–Crippen MR) is 79.1 cm³/mol. The van der Waals surface area contributed by atoms with E-state index >= 15 is 0 Å². The second kappa shape index (κ2) is 5.37. The van der Waals surface area contributed by atoms with Crippen LogP contribution < -0.4 is 0 Å². The molecular formula is C17H24O3. The summed E-state index contributed by atoms with van der Waals surface area (Å²) in [5.41, 5.74) is 0.299. The van der Waals surface area contributed by atoms with E-state index in [1.807, 2.05) is 20.8 Å². The molecule has 1 saturated heterocycles. The Kier molecular flexibility index (Phi) is 4.11. The van der Waals surface area contributed by atoms with Gasteiger partial charge in [-0.3, -0.25) is 0 Å². The van der Waals surface area contributed by atoms with E-state index in [0.29, 0.717) is 6.61 Å². The van der Waals surface area contributed by atoms with E-state index in [2.05, 4.69) is 19.1 Å². The van der Waals surface area contributed by atoms with Gasteiger partial charge in [-0.1, -0.05) is 24.1 Å². The molecule has 0 N–H and O–H groups in total. The zero-order chi connectivity index (χ0) is 15.0. The van der Waals surface area contributed by atoms with E-state index in [0.717, 1.165) is 18.4 Å². The van der Waals surface area contributed by atoms with Crippen LogP contribution in [0.2, 0.25) is 0 Å². The molecule has 110 valence electrons. The lowest BCUT2D eigenvalue weighted by Gasteiger charge is -2.44. The van der Waals surface area contributed by atoms with Crippen molar-refractivity contribution in [3.8, 4) is 12.3 Å². The van der Waals surface area contributed by atoms with Crippen LogP contribution in [0.1, 0.15) is 33.6 Å². The van der Waals surface area contributed by atoms with Crippen LogP contribution in [0, 0.1) is 18.3 Å². The fourth-order valence-electron chi connectivity index (χ4n) is 3.40. The van der Waals surface area contributed by atoms with Crippen molar-refractivity contribution in [2.24, 2.45) is 5.92 Å². The van der Waals surface area contributed by atoms with Gasteiger partial charge in [0.1, 0.15) is 5.60 Å². The molecule has 0 unspecified atom stereocenters. The SMILES string of the molecule is C#C[C@@]1(OCC=C)CC[C@@H]2OC(C)(C)O[C@@H]2[C@H]1C(=C)C. The fourth-order valence-corrected chi connectivity index (χ4v) is 3.40. The minimum atomic E-state index is -0.676. The van der Waals surface area contributed by atoms with E-state index in [9.17, 15) is 0 Å². The van der Waals surface area contributed by atoms with Crippen LogP contribution >= 0.6 is 0 Å². The van der Waals surface area contributed by atoms with E-state index in [4.69, 9.17) is 20.6 Å². The maximum Gasteiger partial charge on any atom is 0.163 e. The Hall–Kier alpha value is -1.08. The standard InChI is InChI=1S/C17H24O3/c1-7-11-18-17(8-2)10-9-13-15(14(17)12(3)4)20-16(5,6)19-13/h2,7,13-15H,1,3,9-11H2,4-6H3/t13-,14+,15-,17+/m0/s1. The molecule has 1 aliphatic heterocycles. The van der Waals surface area contributed by atoms with Crippen molar-refractivity contribution in [1.29, 1.82) is 0 Å². The van der Waals surface area contributed by atoms with Gasteiger partial charge in [-0.25, -0.2) is 0 Å². The second-order valence-corrected chi connectivity index (χ2v) is 6.13. The second-order valence-electron chi connectivity index (χ2n) is 6.13. The zero-order valence-electron chi connectivity index (χ0n) is 12.6. The number of hydrogen-bond acceptors (Lipinski definition) is 3. The van der Waals surface area contributed by atoms with Gasteiger partial charge < -0.3 is 14.2 Å². The van der Waals surface area contributed by atoms with E-state index in [1.165, 1.54) is 0 Å². The highest BCUT2D eigenvalue weighted by Crippen LogP contribution is 2.48. The van der Waals surface area contributed by atoms with Crippen LogP contribution in [0.3, 0.4) is 0 Å². The Labute approximate surface area is 122 Å². The fraction of sp³-hybridized carbons (Fsp3) is 0.647. The number of fused-ring (bicyclic) bond motifs is 1. The molecule has 2 fully saturated rings. The molecule has 3 nitrogen and oxygen atoms in total. The minimum absolute atomic E-state index is 0.0560. The third kappa shape index (κ3) is 2.56. The quantitative estimate of drug-likeness (QED) is 0.583. The molecule has 1 saturated carbocycles. The van der Waals surface area contributed by atoms with Crippen molar-refractivity contribution in [1.82, 2.24) is 0 Å². The van der Waals surface area contributed by atoms with E-state index in [-0.39, 0.29) is 18.1 Å². The van der Waals surface area contributed by atoms with Gasteiger partial charge >= 0.3 is 0 Å². The normalized spacial score (nSPS) is 38.8. The Balaban J connectivity index is 2.33. The smallest absolute Gasteiger partial charge is 0.163 e. The third-order valence-electron chi connectivity index (χ3n) is 4.09. The lowest BCUT2D eigenvalue weighted by Crippen LogP contribution is -2.53. The van der Waals surface area contributed by atoms with Crippen LogP contribution in [0.5, 0.6) is 0 Å². The highest BCUT2D eigenvalue weighted by Gasteiger charge is 2.56. The summed E-state index contributed by atoms with van der Waals surface area (Å²) in [6, 6.07) is 0. The maximum absolute atomic E-state index is 6.08. The van der Waals surface area contributed by atoms with Crippen LogP contribution in [0.15, 0.2) is 24.8 Å². The average Bonchev–Trinajstić information content (AvgIpc) is 2.68. The van der Waals surface area contributed by atoms with Crippen molar-refractivity contribution >= 4 is 0 Å². The van der Waals surface area contributed by atoms with Gasteiger partial charge in [-0.15, -0.1) is 13.0 Å². The van der Waals surface area contributed by atoms with Gasteiger partial charge in [0.15, 0.2) is 5.79 Å². The molecular weight excluding hydrogens is 252 g/mol. The van der Waals surface area contributed by atoms with Crippen molar-refractivity contribution in [3.05, 3.63) is 24.8 Å². The first kappa shape index (κ1) is 15.3. The van der Waals surface area contributed by atoms with Crippen molar-refractivity contribution in [2.45, 2.75) is 57.2 Å². The monoisotopic (exact) mass is 276 g/mol. The maximum atomic E-state index is 6.08. The average molecular weight is 276 g/mol. The summed E-state index contributed by atoms with van der Waals surface area (Å²) in [6.07, 6.45) is 9.06. The Morgan fingerprint density at radius 3 is 2.75 bits per heavy atom. The van der Waals surface area contributed by atoms with E-state index in [1.54, 1.807) is 6.08 Å². The molecule has 0 radical (unpaired) electrons. The number of rotatable bonds is 4. The molecule has 0 amide bonds.